The molecule has 2 aromatic carbocycles. The second-order valence-corrected chi connectivity index (χ2v) is 7.08. The van der Waals surface area contributed by atoms with Crippen molar-refractivity contribution in [2.45, 2.75) is 6.92 Å². The van der Waals surface area contributed by atoms with Crippen LogP contribution >= 0.6 is 0 Å². The second kappa shape index (κ2) is 9.73. The molecular formula is C24H21FN6O2. The van der Waals surface area contributed by atoms with E-state index >= 15 is 0 Å². The van der Waals surface area contributed by atoms with Crippen molar-refractivity contribution in [2.24, 2.45) is 0 Å². The third-order valence-corrected chi connectivity index (χ3v) is 4.63. The van der Waals surface area contributed by atoms with Gasteiger partial charge in [-0.1, -0.05) is 0 Å². The highest BCUT2D eigenvalue weighted by Crippen LogP contribution is 2.22. The van der Waals surface area contributed by atoms with Crippen LogP contribution in [0, 0.1) is 12.7 Å². The molecule has 0 spiro atoms. The number of nitrogens with zero attached hydrogens (tertiary/aromatic N) is 3. The molecular weight excluding hydrogens is 423 g/mol. The molecule has 0 aliphatic rings. The van der Waals surface area contributed by atoms with Crippen LogP contribution in [0.2, 0.25) is 0 Å². The van der Waals surface area contributed by atoms with Crippen LogP contribution in [0.5, 0.6) is 5.75 Å². The summed E-state index contributed by atoms with van der Waals surface area (Å²) >= 11 is 0. The van der Waals surface area contributed by atoms with Gasteiger partial charge in [-0.15, -0.1) is 0 Å². The van der Waals surface area contributed by atoms with Crippen molar-refractivity contribution >= 4 is 34.7 Å². The van der Waals surface area contributed by atoms with Crippen LogP contribution in [0.3, 0.4) is 0 Å². The standard InChI is InChI=1S/C24H21FN6O2/c1-15-13-22(28-16-7-9-19(33-2)10-8-16)31-24(27-15)30-18-5-3-17(4-6-18)29-23(32)20-11-12-26-14-21(20)25/h3-14H,1-2H3,(H,29,32)(H2,27,28,30,31). The molecule has 0 saturated heterocycles. The van der Waals surface area contributed by atoms with E-state index in [4.69, 9.17) is 4.74 Å². The van der Waals surface area contributed by atoms with Gasteiger partial charge in [0.15, 0.2) is 5.82 Å². The number of anilines is 5. The molecule has 0 radical (unpaired) electrons. The Labute approximate surface area is 189 Å². The molecule has 0 unspecified atom stereocenters. The third-order valence-electron chi connectivity index (χ3n) is 4.63. The summed E-state index contributed by atoms with van der Waals surface area (Å²) in [5.41, 5.74) is 2.83. The van der Waals surface area contributed by atoms with Crippen LogP contribution in [0.1, 0.15) is 16.1 Å². The molecule has 9 heteroatoms. The smallest absolute Gasteiger partial charge is 0.258 e. The summed E-state index contributed by atoms with van der Waals surface area (Å²) in [5, 5.41) is 9.05. The molecule has 166 valence electrons. The average molecular weight is 444 g/mol. The molecule has 0 fully saturated rings. The Morgan fingerprint density at radius 3 is 2.27 bits per heavy atom. The maximum absolute atomic E-state index is 13.7. The number of pyridine rings is 1. The fourth-order valence-electron chi connectivity index (χ4n) is 3.03. The third kappa shape index (κ3) is 5.59. The quantitative estimate of drug-likeness (QED) is 0.366. The van der Waals surface area contributed by atoms with E-state index in [-0.39, 0.29) is 5.56 Å². The lowest BCUT2D eigenvalue weighted by Crippen LogP contribution is -2.13. The molecule has 0 aliphatic heterocycles. The van der Waals surface area contributed by atoms with Crippen molar-refractivity contribution in [3.05, 3.63) is 90.1 Å². The lowest BCUT2D eigenvalue weighted by atomic mass is 10.2. The minimum atomic E-state index is -0.677. The Balaban J connectivity index is 1.43. The molecule has 0 bridgehead atoms. The molecule has 3 N–H and O–H groups in total. The zero-order valence-electron chi connectivity index (χ0n) is 18.0. The number of amides is 1. The van der Waals surface area contributed by atoms with E-state index in [1.165, 1.54) is 12.3 Å². The SMILES string of the molecule is COc1ccc(Nc2cc(C)nc(Nc3ccc(NC(=O)c4ccncc4F)cc3)n2)cc1. The molecule has 2 heterocycles. The number of carbonyl (C=O) groups is 1. The number of benzene rings is 2. The Morgan fingerprint density at radius 1 is 0.909 bits per heavy atom. The van der Waals surface area contributed by atoms with E-state index in [0.717, 1.165) is 29.0 Å². The van der Waals surface area contributed by atoms with Crippen LogP contribution in [-0.4, -0.2) is 28.0 Å². The monoisotopic (exact) mass is 444 g/mol. The zero-order chi connectivity index (χ0) is 23.2. The van der Waals surface area contributed by atoms with Crippen LogP contribution < -0.4 is 20.7 Å². The first-order chi connectivity index (χ1) is 16.0. The van der Waals surface area contributed by atoms with Gasteiger partial charge in [-0.05, 0) is 61.5 Å². The van der Waals surface area contributed by atoms with Gasteiger partial charge in [0, 0.05) is 35.0 Å². The summed E-state index contributed by atoms with van der Waals surface area (Å²) in [4.78, 5) is 24.8. The molecule has 8 nitrogen and oxygen atoms in total. The summed E-state index contributed by atoms with van der Waals surface area (Å²) < 4.78 is 18.9. The van der Waals surface area contributed by atoms with Crippen LogP contribution in [0.25, 0.3) is 0 Å². The molecule has 1 amide bonds. The number of aromatic nitrogens is 3. The van der Waals surface area contributed by atoms with Crippen molar-refractivity contribution in [3.8, 4) is 5.75 Å². The summed E-state index contributed by atoms with van der Waals surface area (Å²) in [7, 11) is 1.62. The van der Waals surface area contributed by atoms with Crippen LogP contribution in [-0.2, 0) is 0 Å². The fourth-order valence-corrected chi connectivity index (χ4v) is 3.03. The maximum Gasteiger partial charge on any atom is 0.258 e. The molecule has 0 saturated carbocycles. The lowest BCUT2D eigenvalue weighted by molar-refractivity contribution is 0.102. The van der Waals surface area contributed by atoms with E-state index in [9.17, 15) is 9.18 Å². The van der Waals surface area contributed by atoms with Gasteiger partial charge in [-0.25, -0.2) is 9.37 Å². The molecule has 0 atom stereocenters. The summed E-state index contributed by atoms with van der Waals surface area (Å²) in [6.45, 7) is 1.88. The molecule has 33 heavy (non-hydrogen) atoms. The Kier molecular flexibility index (Phi) is 6.40. The van der Waals surface area contributed by atoms with E-state index in [0.29, 0.717) is 17.5 Å². The first kappa shape index (κ1) is 21.7. The predicted octanol–water partition coefficient (Wildman–Crippen LogP) is 5.07. The Hall–Kier alpha value is -4.53. The highest BCUT2D eigenvalue weighted by Gasteiger charge is 2.11. The van der Waals surface area contributed by atoms with Gasteiger partial charge in [0.25, 0.3) is 5.91 Å². The van der Waals surface area contributed by atoms with Crippen molar-refractivity contribution in [1.82, 2.24) is 15.0 Å². The summed E-state index contributed by atoms with van der Waals surface area (Å²) in [5.74, 6) is 0.600. The molecule has 2 aromatic heterocycles. The van der Waals surface area contributed by atoms with Gasteiger partial charge >= 0.3 is 0 Å². The topological polar surface area (TPSA) is 101 Å². The second-order valence-electron chi connectivity index (χ2n) is 7.08. The highest BCUT2D eigenvalue weighted by molar-refractivity contribution is 6.04. The van der Waals surface area contributed by atoms with E-state index in [2.05, 4.69) is 30.9 Å². The van der Waals surface area contributed by atoms with Gasteiger partial charge in [0.05, 0.1) is 18.9 Å². The lowest BCUT2D eigenvalue weighted by Gasteiger charge is -2.11. The number of hydrogen-bond acceptors (Lipinski definition) is 7. The van der Waals surface area contributed by atoms with Crippen molar-refractivity contribution in [2.75, 3.05) is 23.1 Å². The van der Waals surface area contributed by atoms with E-state index in [1.54, 1.807) is 31.4 Å². The highest BCUT2D eigenvalue weighted by atomic mass is 19.1. The molecule has 4 rings (SSSR count). The van der Waals surface area contributed by atoms with Gasteiger partial charge < -0.3 is 20.7 Å². The summed E-state index contributed by atoms with van der Waals surface area (Å²) in [6.07, 6.45) is 2.37. The number of carbonyl (C=O) groups excluding carboxylic acids is 1. The first-order valence-corrected chi connectivity index (χ1v) is 10.0. The zero-order valence-corrected chi connectivity index (χ0v) is 18.0. The van der Waals surface area contributed by atoms with E-state index in [1.807, 2.05) is 37.3 Å². The van der Waals surface area contributed by atoms with Crippen molar-refractivity contribution in [3.63, 3.8) is 0 Å². The average Bonchev–Trinajstić information content (AvgIpc) is 2.81. The molecule has 0 aliphatic carbocycles. The minimum Gasteiger partial charge on any atom is -0.497 e. The number of hydrogen-bond donors (Lipinski definition) is 3. The normalized spacial score (nSPS) is 10.4. The first-order valence-electron chi connectivity index (χ1n) is 10.0. The largest absolute Gasteiger partial charge is 0.497 e. The van der Waals surface area contributed by atoms with Gasteiger partial charge in [-0.2, -0.15) is 4.98 Å². The van der Waals surface area contributed by atoms with Gasteiger partial charge in [-0.3, -0.25) is 9.78 Å². The van der Waals surface area contributed by atoms with Gasteiger partial charge in [0.2, 0.25) is 5.95 Å². The van der Waals surface area contributed by atoms with Crippen molar-refractivity contribution < 1.29 is 13.9 Å². The fraction of sp³-hybridized carbons (Fsp3) is 0.0833. The number of ether oxygens (including phenoxy) is 1. The number of aryl methyl sites for hydroxylation is 1. The van der Waals surface area contributed by atoms with E-state index < -0.39 is 11.7 Å². The predicted molar refractivity (Wildman–Crippen MR) is 125 cm³/mol. The Morgan fingerprint density at radius 2 is 1.58 bits per heavy atom. The van der Waals surface area contributed by atoms with Crippen LogP contribution in [0.4, 0.5) is 33.2 Å². The van der Waals surface area contributed by atoms with Crippen LogP contribution in [0.15, 0.2) is 73.1 Å². The molecule has 4 aromatic rings. The van der Waals surface area contributed by atoms with Crippen molar-refractivity contribution in [1.29, 1.82) is 0 Å². The minimum absolute atomic E-state index is 0.0720. The Bertz CT molecular complexity index is 1260. The number of methoxy groups -OCH3 is 1. The number of halogens is 1. The number of rotatable bonds is 7. The van der Waals surface area contributed by atoms with Gasteiger partial charge in [0.1, 0.15) is 11.6 Å². The maximum atomic E-state index is 13.7. The number of nitrogens with one attached hydrogen (secondary N) is 3. The summed E-state index contributed by atoms with van der Waals surface area (Å²) in [6, 6.07) is 17.6.